The molecule has 1 aromatic heterocycles. The van der Waals surface area contributed by atoms with Crippen LogP contribution in [-0.4, -0.2) is 46.5 Å². The Kier molecular flexibility index (Phi) is 3.62. The lowest BCUT2D eigenvalue weighted by Gasteiger charge is -2.32. The molecule has 2 saturated heterocycles. The summed E-state index contributed by atoms with van der Waals surface area (Å²) in [7, 11) is -0.441. The van der Waals surface area contributed by atoms with Crippen molar-refractivity contribution in [1.82, 2.24) is 15.0 Å². The Balaban J connectivity index is 1.82. The van der Waals surface area contributed by atoms with Gasteiger partial charge in [0.1, 0.15) is 5.59 Å². The molecular weight excluding hydrogens is 269 g/mol. The second-order valence-electron chi connectivity index (χ2n) is 6.92. The summed E-state index contributed by atoms with van der Waals surface area (Å²) < 4.78 is 17.5. The molecule has 2 aliphatic heterocycles. The van der Waals surface area contributed by atoms with E-state index in [4.69, 9.17) is 14.0 Å². The molecule has 0 unspecified atom stereocenters. The number of nitrogens with zero attached hydrogens (tertiary/aromatic N) is 3. The molecule has 2 fully saturated rings. The highest BCUT2D eigenvalue weighted by Crippen LogP contribution is 2.36. The van der Waals surface area contributed by atoms with Crippen LogP contribution in [0.4, 0.5) is 0 Å². The molecule has 7 heteroatoms. The summed E-state index contributed by atoms with van der Waals surface area (Å²) in [5.74, 6) is 0. The van der Waals surface area contributed by atoms with E-state index < -0.39 is 7.12 Å². The topological polar surface area (TPSA) is 58.4 Å². The zero-order valence-corrected chi connectivity index (χ0v) is 13.5. The zero-order valence-electron chi connectivity index (χ0n) is 13.5. The summed E-state index contributed by atoms with van der Waals surface area (Å²) >= 11 is 0. The van der Waals surface area contributed by atoms with E-state index in [1.807, 2.05) is 39.4 Å². The normalized spacial score (nSPS) is 25.5. The minimum absolute atomic E-state index is 0.314. The van der Waals surface area contributed by atoms with Gasteiger partial charge in [-0.1, -0.05) is 0 Å². The first-order chi connectivity index (χ1) is 9.80. The van der Waals surface area contributed by atoms with E-state index in [1.54, 1.807) is 0 Å². The van der Waals surface area contributed by atoms with Gasteiger partial charge in [-0.15, -0.1) is 0 Å². The van der Waals surface area contributed by atoms with Crippen molar-refractivity contribution >= 4 is 12.7 Å². The molecule has 1 aromatic rings. The molecule has 0 atom stereocenters. The average Bonchev–Trinajstić information content (AvgIpc) is 2.89. The van der Waals surface area contributed by atoms with E-state index in [9.17, 15) is 0 Å². The molecule has 3 rings (SSSR count). The highest BCUT2D eigenvalue weighted by Gasteiger charge is 2.53. The Morgan fingerprint density at radius 1 is 1.05 bits per heavy atom. The lowest BCUT2D eigenvalue weighted by atomic mass is 9.83. The van der Waals surface area contributed by atoms with Crippen LogP contribution in [-0.2, 0) is 14.0 Å². The predicted molar refractivity (Wildman–Crippen MR) is 79.6 cm³/mol. The van der Waals surface area contributed by atoms with Crippen LogP contribution in [0.1, 0.15) is 52.3 Å². The fraction of sp³-hybridized carbons (Fsp3) is 0.857. The van der Waals surface area contributed by atoms with Crippen LogP contribution in [0, 0.1) is 6.92 Å². The van der Waals surface area contributed by atoms with Gasteiger partial charge in [-0.05, 0) is 47.5 Å². The highest BCUT2D eigenvalue weighted by molar-refractivity contribution is 6.61. The monoisotopic (exact) mass is 293 g/mol. The van der Waals surface area contributed by atoms with Crippen LogP contribution in [0.25, 0.3) is 0 Å². The summed E-state index contributed by atoms with van der Waals surface area (Å²) in [4.78, 5) is 1.82. The summed E-state index contributed by atoms with van der Waals surface area (Å²) in [6, 6.07) is 0.314. The highest BCUT2D eigenvalue weighted by atomic mass is 16.7. The molecule has 0 radical (unpaired) electrons. The molecule has 0 aliphatic carbocycles. The van der Waals surface area contributed by atoms with E-state index in [0.717, 1.165) is 37.3 Å². The van der Waals surface area contributed by atoms with E-state index in [1.165, 1.54) is 0 Å². The first-order valence-corrected chi connectivity index (χ1v) is 7.67. The van der Waals surface area contributed by atoms with Gasteiger partial charge in [0.05, 0.1) is 22.9 Å². The van der Waals surface area contributed by atoms with E-state index in [2.05, 4.69) is 10.2 Å². The Bertz CT molecular complexity index is 508. The van der Waals surface area contributed by atoms with Gasteiger partial charge in [0.15, 0.2) is 0 Å². The van der Waals surface area contributed by atoms with Gasteiger partial charge < -0.3 is 14.0 Å². The van der Waals surface area contributed by atoms with Gasteiger partial charge in [-0.3, -0.25) is 0 Å². The lowest BCUT2D eigenvalue weighted by molar-refractivity contribution is 0.00578. The molecule has 116 valence electrons. The average molecular weight is 293 g/mol. The van der Waals surface area contributed by atoms with Crippen molar-refractivity contribution in [2.45, 2.75) is 64.7 Å². The molecule has 21 heavy (non-hydrogen) atoms. The van der Waals surface area contributed by atoms with Gasteiger partial charge in [0, 0.05) is 13.2 Å². The smallest absolute Gasteiger partial charge is 0.398 e. The second-order valence-corrected chi connectivity index (χ2v) is 6.92. The third-order valence-corrected chi connectivity index (χ3v) is 4.83. The van der Waals surface area contributed by atoms with Crippen LogP contribution < -0.4 is 5.59 Å². The van der Waals surface area contributed by atoms with Crippen LogP contribution in [0.3, 0.4) is 0 Å². The van der Waals surface area contributed by atoms with Crippen LogP contribution in [0.15, 0.2) is 0 Å². The third kappa shape index (κ3) is 2.62. The van der Waals surface area contributed by atoms with E-state index >= 15 is 0 Å². The molecule has 0 N–H and O–H groups in total. The molecule has 2 aliphatic rings. The van der Waals surface area contributed by atoms with Crippen LogP contribution in [0.2, 0.25) is 0 Å². The first-order valence-electron chi connectivity index (χ1n) is 7.67. The van der Waals surface area contributed by atoms with Gasteiger partial charge in [-0.2, -0.15) is 15.0 Å². The number of hydrogen-bond donors (Lipinski definition) is 0. The van der Waals surface area contributed by atoms with Crippen molar-refractivity contribution < 1.29 is 14.0 Å². The fourth-order valence-corrected chi connectivity index (χ4v) is 2.66. The summed E-state index contributed by atoms with van der Waals surface area (Å²) in [6.07, 6.45) is 1.91. The first kappa shape index (κ1) is 15.0. The van der Waals surface area contributed by atoms with Crippen molar-refractivity contribution in [3.8, 4) is 0 Å². The Labute approximate surface area is 126 Å². The van der Waals surface area contributed by atoms with Crippen molar-refractivity contribution in [3.63, 3.8) is 0 Å². The predicted octanol–water partition coefficient (Wildman–Crippen LogP) is 1.24. The Hall–Kier alpha value is -0.915. The van der Waals surface area contributed by atoms with Crippen LogP contribution >= 0.6 is 0 Å². The van der Waals surface area contributed by atoms with Crippen molar-refractivity contribution in [2.75, 3.05) is 13.2 Å². The molecule has 0 bridgehead atoms. The maximum absolute atomic E-state index is 6.07. The minimum atomic E-state index is -0.441. The minimum Gasteiger partial charge on any atom is -0.398 e. The molecule has 0 aromatic carbocycles. The van der Waals surface area contributed by atoms with Crippen LogP contribution in [0.5, 0.6) is 0 Å². The van der Waals surface area contributed by atoms with E-state index in [0.29, 0.717) is 6.04 Å². The summed E-state index contributed by atoms with van der Waals surface area (Å²) in [6.45, 7) is 11.7. The second kappa shape index (κ2) is 5.07. The molecule has 0 saturated carbocycles. The quantitative estimate of drug-likeness (QED) is 0.768. The largest absolute Gasteiger partial charge is 0.518 e. The number of aryl methyl sites for hydroxylation is 1. The van der Waals surface area contributed by atoms with Gasteiger partial charge in [0.2, 0.25) is 0 Å². The van der Waals surface area contributed by atoms with Crippen molar-refractivity contribution in [1.29, 1.82) is 0 Å². The van der Waals surface area contributed by atoms with Crippen molar-refractivity contribution in [3.05, 3.63) is 5.69 Å². The van der Waals surface area contributed by atoms with Gasteiger partial charge in [0.25, 0.3) is 0 Å². The van der Waals surface area contributed by atoms with E-state index in [-0.39, 0.29) is 11.2 Å². The maximum atomic E-state index is 6.07. The SMILES string of the molecule is Cc1nn(C2CCOCC2)nc1B1OC(C)(C)C(C)(C)O1. The third-order valence-electron chi connectivity index (χ3n) is 4.83. The Morgan fingerprint density at radius 2 is 1.62 bits per heavy atom. The van der Waals surface area contributed by atoms with Gasteiger partial charge >= 0.3 is 7.12 Å². The molecular formula is C14H24BN3O3. The summed E-state index contributed by atoms with van der Waals surface area (Å²) in [5.41, 5.74) is 0.958. The molecule has 0 amide bonds. The number of hydrogen-bond acceptors (Lipinski definition) is 5. The van der Waals surface area contributed by atoms with Gasteiger partial charge in [-0.25, -0.2) is 0 Å². The fourth-order valence-electron chi connectivity index (χ4n) is 2.66. The molecule has 3 heterocycles. The van der Waals surface area contributed by atoms with Crippen molar-refractivity contribution in [2.24, 2.45) is 0 Å². The Morgan fingerprint density at radius 3 is 2.19 bits per heavy atom. The molecule has 6 nitrogen and oxygen atoms in total. The maximum Gasteiger partial charge on any atom is 0.518 e. The number of rotatable bonds is 2. The number of ether oxygens (including phenoxy) is 1. The number of aromatic nitrogens is 3. The standard InChI is InChI=1S/C14H24BN3O3/c1-10-12(15-20-13(2,3)14(4,5)21-15)17-18(16-10)11-6-8-19-9-7-11/h11H,6-9H2,1-5H3. The lowest BCUT2D eigenvalue weighted by Crippen LogP contribution is -2.41. The zero-order chi connectivity index (χ0) is 15.3. The molecule has 0 spiro atoms. The summed E-state index contributed by atoms with van der Waals surface area (Å²) in [5, 5.41) is 9.21.